The van der Waals surface area contributed by atoms with E-state index in [0.29, 0.717) is 0 Å². The molecule has 1 aliphatic carbocycles. The van der Waals surface area contributed by atoms with Gasteiger partial charge in [-0.1, -0.05) is 0 Å². The Hall–Kier alpha value is -1.79. The molecule has 0 radical (unpaired) electrons. The van der Waals surface area contributed by atoms with Gasteiger partial charge < -0.3 is 15.4 Å². The van der Waals surface area contributed by atoms with Gasteiger partial charge >= 0.3 is 12.1 Å². The fourth-order valence-electron chi connectivity index (χ4n) is 2.57. The first-order valence-electron chi connectivity index (χ1n) is 6.78. The molecule has 7 nitrogen and oxygen atoms in total. The second-order valence-electron chi connectivity index (χ2n) is 6.42. The van der Waals surface area contributed by atoms with Crippen molar-refractivity contribution < 1.29 is 19.1 Å². The van der Waals surface area contributed by atoms with E-state index >= 15 is 0 Å². The van der Waals surface area contributed by atoms with Gasteiger partial charge in [0.2, 0.25) is 0 Å². The number of carbonyl (C=O) groups excluding carboxylic acids is 3. The number of urea groups is 1. The Bertz CT molecular complexity index is 453. The topological polar surface area (TPSA) is 96.5 Å². The van der Waals surface area contributed by atoms with E-state index in [2.05, 4.69) is 16.0 Å². The van der Waals surface area contributed by atoms with Crippen LogP contribution in [0.3, 0.4) is 0 Å². The molecule has 1 unspecified atom stereocenters. The van der Waals surface area contributed by atoms with Gasteiger partial charge in [-0.2, -0.15) is 0 Å². The number of amides is 4. The molecule has 2 aliphatic rings. The van der Waals surface area contributed by atoms with Crippen molar-refractivity contribution in [2.45, 2.75) is 57.7 Å². The monoisotopic (exact) mass is 283 g/mol. The summed E-state index contributed by atoms with van der Waals surface area (Å²) in [6.07, 6.45) is 1.11. The van der Waals surface area contributed by atoms with Crippen LogP contribution in [0, 0.1) is 5.92 Å². The quantitative estimate of drug-likeness (QED) is 0.670. The van der Waals surface area contributed by atoms with E-state index in [9.17, 15) is 14.4 Å². The second kappa shape index (κ2) is 4.64. The summed E-state index contributed by atoms with van der Waals surface area (Å²) in [6.45, 7) is 6.99. The maximum absolute atomic E-state index is 12.1. The van der Waals surface area contributed by atoms with Crippen LogP contribution < -0.4 is 16.0 Å². The first-order chi connectivity index (χ1) is 9.15. The van der Waals surface area contributed by atoms with Gasteiger partial charge in [-0.15, -0.1) is 0 Å². The molecule has 2 rings (SSSR count). The summed E-state index contributed by atoms with van der Waals surface area (Å²) in [6, 6.07) is -1.06. The highest BCUT2D eigenvalue weighted by Gasteiger charge is 2.59. The fourth-order valence-corrected chi connectivity index (χ4v) is 2.57. The number of carbonyl (C=O) groups is 3. The number of rotatable bonds is 3. The molecule has 0 aromatic rings. The molecule has 0 spiro atoms. The van der Waals surface area contributed by atoms with E-state index in [1.807, 2.05) is 0 Å². The molecule has 1 heterocycles. The van der Waals surface area contributed by atoms with Gasteiger partial charge in [0.15, 0.2) is 0 Å². The summed E-state index contributed by atoms with van der Waals surface area (Å²) >= 11 is 0. The molecular weight excluding hydrogens is 262 g/mol. The lowest BCUT2D eigenvalue weighted by Gasteiger charge is -2.33. The van der Waals surface area contributed by atoms with Gasteiger partial charge in [0.05, 0.1) is 6.04 Å². The van der Waals surface area contributed by atoms with Crippen LogP contribution in [-0.4, -0.2) is 35.2 Å². The summed E-state index contributed by atoms with van der Waals surface area (Å²) < 4.78 is 5.18. The molecule has 0 aromatic carbocycles. The van der Waals surface area contributed by atoms with Crippen LogP contribution in [0.1, 0.15) is 40.5 Å². The summed E-state index contributed by atoms with van der Waals surface area (Å²) in [4.78, 5) is 35.4. The number of nitrogens with one attached hydrogen (secondary N) is 3. The van der Waals surface area contributed by atoms with Gasteiger partial charge in [-0.3, -0.25) is 10.1 Å². The zero-order valence-corrected chi connectivity index (χ0v) is 12.2. The van der Waals surface area contributed by atoms with Gasteiger partial charge in [0.1, 0.15) is 11.1 Å². The van der Waals surface area contributed by atoms with Crippen LogP contribution in [0.2, 0.25) is 0 Å². The fraction of sp³-hybridized carbons (Fsp3) is 0.769. The van der Waals surface area contributed by atoms with Crippen molar-refractivity contribution in [1.82, 2.24) is 16.0 Å². The first kappa shape index (κ1) is 14.6. The Balaban J connectivity index is 2.09. The van der Waals surface area contributed by atoms with Gasteiger partial charge in [-0.05, 0) is 46.5 Å². The minimum absolute atomic E-state index is 0.0545. The van der Waals surface area contributed by atoms with Gasteiger partial charge in [0, 0.05) is 0 Å². The zero-order chi connectivity index (χ0) is 15.1. The van der Waals surface area contributed by atoms with Crippen molar-refractivity contribution in [3.63, 3.8) is 0 Å². The Labute approximate surface area is 117 Å². The van der Waals surface area contributed by atoms with E-state index in [1.165, 1.54) is 0 Å². The highest BCUT2D eigenvalue weighted by Crippen LogP contribution is 2.43. The van der Waals surface area contributed by atoms with E-state index in [4.69, 9.17) is 4.74 Å². The van der Waals surface area contributed by atoms with Crippen LogP contribution in [0.15, 0.2) is 0 Å². The van der Waals surface area contributed by atoms with E-state index in [1.54, 1.807) is 27.7 Å². The minimum atomic E-state index is -1.06. The molecule has 1 aliphatic heterocycles. The van der Waals surface area contributed by atoms with E-state index in [0.717, 1.165) is 12.8 Å². The maximum Gasteiger partial charge on any atom is 0.407 e. The average Bonchev–Trinajstić information content (AvgIpc) is 3.02. The number of imide groups is 1. The van der Waals surface area contributed by atoms with Crippen molar-refractivity contribution in [3.8, 4) is 0 Å². The van der Waals surface area contributed by atoms with Gasteiger partial charge in [-0.25, -0.2) is 9.59 Å². The highest BCUT2D eigenvalue weighted by atomic mass is 16.6. The third-order valence-electron chi connectivity index (χ3n) is 3.56. The Kier molecular flexibility index (Phi) is 3.39. The summed E-state index contributed by atoms with van der Waals surface area (Å²) in [5, 5.41) is 7.58. The second-order valence-corrected chi connectivity index (χ2v) is 6.42. The van der Waals surface area contributed by atoms with Crippen LogP contribution in [-0.2, 0) is 9.53 Å². The van der Waals surface area contributed by atoms with Crippen LogP contribution in [0.25, 0.3) is 0 Å². The standard InChI is InChI=1S/C13H21N3O4/c1-7(14-11(19)20-12(2,3)4)13(8-5-6-8)9(17)15-10(18)16-13/h7-8H,5-6H2,1-4H3,(H,14,19)(H2,15,16,17,18)/t7-,13?/m1/s1. The molecule has 0 aromatic heterocycles. The molecule has 112 valence electrons. The normalized spacial score (nSPS) is 27.6. The predicted octanol–water partition coefficient (Wildman–Crippen LogP) is 0.888. The molecule has 2 fully saturated rings. The van der Waals surface area contributed by atoms with Crippen molar-refractivity contribution >= 4 is 18.0 Å². The average molecular weight is 283 g/mol. The Morgan fingerprint density at radius 2 is 2.00 bits per heavy atom. The largest absolute Gasteiger partial charge is 0.444 e. The maximum atomic E-state index is 12.1. The first-order valence-corrected chi connectivity index (χ1v) is 6.78. The van der Waals surface area contributed by atoms with Crippen LogP contribution in [0.5, 0.6) is 0 Å². The summed E-state index contributed by atoms with van der Waals surface area (Å²) in [7, 11) is 0. The van der Waals surface area contributed by atoms with Gasteiger partial charge in [0.25, 0.3) is 5.91 Å². The summed E-state index contributed by atoms with van der Waals surface area (Å²) in [5.41, 5.74) is -1.67. The van der Waals surface area contributed by atoms with Crippen LogP contribution in [0.4, 0.5) is 9.59 Å². The molecule has 4 amide bonds. The molecule has 1 saturated carbocycles. The third-order valence-corrected chi connectivity index (χ3v) is 3.56. The van der Waals surface area contributed by atoms with E-state index < -0.39 is 29.3 Å². The van der Waals surface area contributed by atoms with Crippen LogP contribution >= 0.6 is 0 Å². The number of hydrogen-bond acceptors (Lipinski definition) is 4. The highest BCUT2D eigenvalue weighted by molar-refractivity contribution is 6.08. The Morgan fingerprint density at radius 3 is 2.40 bits per heavy atom. The molecule has 0 bridgehead atoms. The predicted molar refractivity (Wildman–Crippen MR) is 71.0 cm³/mol. The number of hydrogen-bond donors (Lipinski definition) is 3. The lowest BCUT2D eigenvalue weighted by atomic mass is 9.86. The van der Waals surface area contributed by atoms with E-state index in [-0.39, 0.29) is 11.8 Å². The smallest absolute Gasteiger partial charge is 0.407 e. The minimum Gasteiger partial charge on any atom is -0.444 e. The lowest BCUT2D eigenvalue weighted by Crippen LogP contribution is -2.63. The summed E-state index contributed by atoms with van der Waals surface area (Å²) in [5.74, 6) is -0.326. The third kappa shape index (κ3) is 2.71. The molecule has 20 heavy (non-hydrogen) atoms. The lowest BCUT2D eigenvalue weighted by molar-refractivity contribution is -0.125. The molecule has 1 saturated heterocycles. The Morgan fingerprint density at radius 1 is 1.40 bits per heavy atom. The molecular formula is C13H21N3O4. The number of alkyl carbamates (subject to hydrolysis) is 1. The molecule has 7 heteroatoms. The number of ether oxygens (including phenoxy) is 1. The molecule has 3 N–H and O–H groups in total. The SMILES string of the molecule is C[C@@H](NC(=O)OC(C)(C)C)C1(C2CC2)NC(=O)NC1=O. The van der Waals surface area contributed by atoms with Crippen molar-refractivity contribution in [1.29, 1.82) is 0 Å². The van der Waals surface area contributed by atoms with Crippen molar-refractivity contribution in [2.24, 2.45) is 5.92 Å². The van der Waals surface area contributed by atoms with Crippen molar-refractivity contribution in [2.75, 3.05) is 0 Å². The molecule has 2 atom stereocenters. The zero-order valence-electron chi connectivity index (χ0n) is 12.2. The van der Waals surface area contributed by atoms with Crippen molar-refractivity contribution in [3.05, 3.63) is 0 Å².